The van der Waals surface area contributed by atoms with Crippen molar-refractivity contribution in [2.24, 2.45) is 0 Å². The zero-order valence-corrected chi connectivity index (χ0v) is 12.7. The van der Waals surface area contributed by atoms with Crippen molar-refractivity contribution < 1.29 is 14.6 Å². The number of aliphatic hydroxyl groups is 1. The van der Waals surface area contributed by atoms with Gasteiger partial charge in [-0.25, -0.2) is 0 Å². The van der Waals surface area contributed by atoms with Crippen molar-refractivity contribution in [2.45, 2.75) is 17.8 Å². The molecule has 0 saturated heterocycles. The molecule has 0 fully saturated rings. The molecule has 4 heteroatoms. The van der Waals surface area contributed by atoms with Crippen LogP contribution in [0.4, 0.5) is 0 Å². The van der Waals surface area contributed by atoms with Crippen LogP contribution in [0.15, 0.2) is 73.2 Å². The summed E-state index contributed by atoms with van der Waals surface area (Å²) < 4.78 is 11.1. The quantitative estimate of drug-likeness (QED) is 0.853. The van der Waals surface area contributed by atoms with Crippen molar-refractivity contribution in [3.8, 4) is 0 Å². The third kappa shape index (κ3) is 2.70. The molecule has 0 saturated carbocycles. The van der Waals surface area contributed by atoms with Gasteiger partial charge in [-0.1, -0.05) is 60.7 Å². The van der Waals surface area contributed by atoms with Gasteiger partial charge in [0.2, 0.25) is 0 Å². The van der Waals surface area contributed by atoms with E-state index < -0.39 is 11.4 Å². The van der Waals surface area contributed by atoms with Gasteiger partial charge >= 0.3 is 0 Å². The second-order valence-corrected chi connectivity index (χ2v) is 5.59. The maximum absolute atomic E-state index is 11.5. The molecule has 1 aliphatic rings. The van der Waals surface area contributed by atoms with Crippen molar-refractivity contribution in [1.29, 1.82) is 0 Å². The first-order chi connectivity index (χ1) is 10.7. The van der Waals surface area contributed by atoms with Crippen LogP contribution in [0.25, 0.3) is 0 Å². The highest BCUT2D eigenvalue weighted by molar-refractivity contribution is 6.18. The molecule has 0 bridgehead atoms. The summed E-state index contributed by atoms with van der Waals surface area (Å²) in [6, 6.07) is 18.9. The lowest BCUT2D eigenvalue weighted by molar-refractivity contribution is -0.160. The summed E-state index contributed by atoms with van der Waals surface area (Å²) in [5.74, 6) is -0.954. The van der Waals surface area contributed by atoms with Gasteiger partial charge in [-0.2, -0.15) is 0 Å². The van der Waals surface area contributed by atoms with E-state index in [-0.39, 0.29) is 12.3 Å². The van der Waals surface area contributed by atoms with Crippen LogP contribution in [0.2, 0.25) is 0 Å². The molecular formula is C18H17ClO3. The van der Waals surface area contributed by atoms with Gasteiger partial charge in [-0.15, -0.1) is 11.6 Å². The fourth-order valence-corrected chi connectivity index (χ4v) is 2.93. The molecule has 1 heterocycles. The highest BCUT2D eigenvalue weighted by Gasteiger charge is 2.46. The van der Waals surface area contributed by atoms with E-state index in [1.807, 2.05) is 60.7 Å². The summed E-state index contributed by atoms with van der Waals surface area (Å²) in [5.41, 5.74) is 0.276. The van der Waals surface area contributed by atoms with Gasteiger partial charge in [0.05, 0.1) is 12.3 Å². The van der Waals surface area contributed by atoms with E-state index in [1.54, 1.807) is 0 Å². The zero-order valence-electron chi connectivity index (χ0n) is 12.0. The van der Waals surface area contributed by atoms with E-state index in [1.165, 1.54) is 12.5 Å². The molecule has 3 nitrogen and oxygen atoms in total. The molecule has 0 atom stereocenters. The van der Waals surface area contributed by atoms with Gasteiger partial charge in [-0.05, 0) is 11.1 Å². The van der Waals surface area contributed by atoms with E-state index in [0.717, 1.165) is 11.1 Å². The van der Waals surface area contributed by atoms with Gasteiger partial charge in [0.15, 0.2) is 0 Å². The minimum absolute atomic E-state index is 0.113. The molecule has 2 aromatic carbocycles. The smallest absolute Gasteiger partial charge is 0.266 e. The lowest BCUT2D eigenvalue weighted by Crippen LogP contribution is -2.42. The van der Waals surface area contributed by atoms with Crippen molar-refractivity contribution in [2.75, 3.05) is 5.88 Å². The lowest BCUT2D eigenvalue weighted by atomic mass is 9.81. The topological polar surface area (TPSA) is 38.7 Å². The SMILES string of the molecule is OC(CC1(CCl)OC=CO1)(c1ccccc1)c1ccccc1. The van der Waals surface area contributed by atoms with Crippen LogP contribution < -0.4 is 0 Å². The van der Waals surface area contributed by atoms with E-state index in [2.05, 4.69) is 0 Å². The van der Waals surface area contributed by atoms with E-state index in [4.69, 9.17) is 21.1 Å². The summed E-state index contributed by atoms with van der Waals surface area (Å²) in [5, 5.41) is 11.5. The second kappa shape index (κ2) is 6.03. The average molecular weight is 317 g/mol. The lowest BCUT2D eigenvalue weighted by Gasteiger charge is -2.36. The predicted molar refractivity (Wildman–Crippen MR) is 85.3 cm³/mol. The predicted octanol–water partition coefficient (Wildman–Crippen LogP) is 3.77. The first-order valence-electron chi connectivity index (χ1n) is 7.09. The summed E-state index contributed by atoms with van der Waals surface area (Å²) in [7, 11) is 0. The molecule has 0 aliphatic carbocycles. The minimum Gasteiger partial charge on any atom is -0.455 e. The standard InChI is InChI=1S/C18H17ClO3/c19-14-17(21-11-12-22-17)13-18(20,15-7-3-1-4-8-15)16-9-5-2-6-10-16/h1-12,20H,13-14H2. The normalized spacial score (nSPS) is 16.1. The Bertz CT molecular complexity index is 592. The van der Waals surface area contributed by atoms with Gasteiger partial charge in [-0.3, -0.25) is 0 Å². The van der Waals surface area contributed by atoms with Gasteiger partial charge in [0.1, 0.15) is 18.1 Å². The van der Waals surface area contributed by atoms with Gasteiger partial charge in [0, 0.05) is 0 Å². The summed E-state index contributed by atoms with van der Waals surface area (Å²) in [6.45, 7) is 0. The monoisotopic (exact) mass is 316 g/mol. The molecule has 0 amide bonds. The highest BCUT2D eigenvalue weighted by atomic mass is 35.5. The number of hydrogen-bond donors (Lipinski definition) is 1. The number of rotatable bonds is 5. The van der Waals surface area contributed by atoms with Crippen LogP contribution in [0.5, 0.6) is 0 Å². The fraction of sp³-hybridized carbons (Fsp3) is 0.222. The van der Waals surface area contributed by atoms with Crippen molar-refractivity contribution in [1.82, 2.24) is 0 Å². The molecule has 0 unspecified atom stereocenters. The third-order valence-electron chi connectivity index (χ3n) is 3.85. The Labute approximate surface area is 134 Å². The molecule has 2 aromatic rings. The maximum Gasteiger partial charge on any atom is 0.266 e. The van der Waals surface area contributed by atoms with Crippen LogP contribution in [0.3, 0.4) is 0 Å². The summed E-state index contributed by atoms with van der Waals surface area (Å²) in [4.78, 5) is 0. The van der Waals surface area contributed by atoms with Gasteiger partial charge in [0.25, 0.3) is 5.79 Å². The van der Waals surface area contributed by atoms with Crippen molar-refractivity contribution >= 4 is 11.6 Å². The van der Waals surface area contributed by atoms with E-state index in [0.29, 0.717) is 0 Å². The first kappa shape index (κ1) is 14.9. The number of benzene rings is 2. The van der Waals surface area contributed by atoms with Crippen LogP contribution >= 0.6 is 11.6 Å². The number of hydrogen-bond acceptors (Lipinski definition) is 3. The Morgan fingerprint density at radius 3 is 1.73 bits per heavy atom. The number of ether oxygens (including phenoxy) is 2. The molecule has 22 heavy (non-hydrogen) atoms. The molecule has 0 spiro atoms. The summed E-state index contributed by atoms with van der Waals surface area (Å²) >= 11 is 6.04. The van der Waals surface area contributed by atoms with Crippen LogP contribution in [0.1, 0.15) is 17.5 Å². The number of alkyl halides is 1. The molecule has 1 N–H and O–H groups in total. The second-order valence-electron chi connectivity index (χ2n) is 5.32. The van der Waals surface area contributed by atoms with Crippen molar-refractivity contribution in [3.05, 3.63) is 84.3 Å². The third-order valence-corrected chi connectivity index (χ3v) is 4.26. The fourth-order valence-electron chi connectivity index (χ4n) is 2.71. The summed E-state index contributed by atoms with van der Waals surface area (Å²) in [6.07, 6.45) is 3.10. The Balaban J connectivity index is 2.04. The molecule has 0 radical (unpaired) electrons. The molecule has 0 aromatic heterocycles. The largest absolute Gasteiger partial charge is 0.455 e. The Morgan fingerprint density at radius 2 is 1.32 bits per heavy atom. The molecular weight excluding hydrogens is 300 g/mol. The zero-order chi connectivity index (χ0) is 15.5. The number of halogens is 1. The van der Waals surface area contributed by atoms with E-state index >= 15 is 0 Å². The van der Waals surface area contributed by atoms with Crippen LogP contribution in [-0.2, 0) is 15.1 Å². The minimum atomic E-state index is -1.26. The Morgan fingerprint density at radius 1 is 0.864 bits per heavy atom. The van der Waals surface area contributed by atoms with Crippen LogP contribution in [-0.4, -0.2) is 16.8 Å². The maximum atomic E-state index is 11.5. The molecule has 3 rings (SSSR count). The molecule has 114 valence electrons. The van der Waals surface area contributed by atoms with Crippen molar-refractivity contribution in [3.63, 3.8) is 0 Å². The first-order valence-corrected chi connectivity index (χ1v) is 7.62. The van der Waals surface area contributed by atoms with Gasteiger partial charge < -0.3 is 14.6 Å². The molecule has 1 aliphatic heterocycles. The Kier molecular flexibility index (Phi) is 4.10. The average Bonchev–Trinajstić information content (AvgIpc) is 3.05. The van der Waals surface area contributed by atoms with E-state index in [9.17, 15) is 5.11 Å². The highest BCUT2D eigenvalue weighted by Crippen LogP contribution is 2.40. The van der Waals surface area contributed by atoms with Crippen LogP contribution in [0, 0.1) is 0 Å². The Hall–Kier alpha value is -1.97.